The molecule has 0 aliphatic heterocycles. The standard InChI is InChI=1S/C10H21N/c1-9(2,3)7-6-8-10(4,5)11/h7H,4,6,8,11H2,1-3,5H3. The third-order valence-electron chi connectivity index (χ3n) is 1.47. The molecule has 0 spiro atoms. The fourth-order valence-electron chi connectivity index (χ4n) is 0.835. The van der Waals surface area contributed by atoms with Crippen LogP contribution >= 0.6 is 0 Å². The molecule has 1 unspecified atom stereocenters. The minimum Gasteiger partial charge on any atom is -0.325 e. The van der Waals surface area contributed by atoms with Gasteiger partial charge in [0.25, 0.3) is 0 Å². The Morgan fingerprint density at radius 1 is 1.27 bits per heavy atom. The van der Waals surface area contributed by atoms with Crippen LogP contribution in [0.1, 0.15) is 40.5 Å². The van der Waals surface area contributed by atoms with Gasteiger partial charge in [-0.15, -0.1) is 0 Å². The molecule has 0 aliphatic carbocycles. The normalized spacial score (nSPS) is 13.6. The van der Waals surface area contributed by atoms with Gasteiger partial charge >= 0.3 is 0 Å². The first-order chi connectivity index (χ1) is 4.71. The third kappa shape index (κ3) is 9.96. The first kappa shape index (κ1) is 11.0. The highest BCUT2D eigenvalue weighted by Crippen LogP contribution is 2.22. The predicted molar refractivity (Wildman–Crippen MR) is 50.9 cm³/mol. The van der Waals surface area contributed by atoms with Gasteiger partial charge in [-0.05, 0) is 38.5 Å². The van der Waals surface area contributed by atoms with Crippen LogP contribution in [0.15, 0.2) is 0 Å². The SMILES string of the molecule is [CH2]C(C)(N)CC[CH]C(C)(C)C. The molecule has 0 aliphatic rings. The summed E-state index contributed by atoms with van der Waals surface area (Å²) in [6, 6.07) is 0. The molecule has 0 amide bonds. The van der Waals surface area contributed by atoms with Crippen LogP contribution in [-0.2, 0) is 0 Å². The van der Waals surface area contributed by atoms with Gasteiger partial charge in [0.2, 0.25) is 0 Å². The molecular weight excluding hydrogens is 134 g/mol. The molecule has 0 heterocycles. The molecule has 0 aromatic rings. The van der Waals surface area contributed by atoms with Gasteiger partial charge in [-0.1, -0.05) is 20.8 Å². The second-order valence-electron chi connectivity index (χ2n) is 4.76. The van der Waals surface area contributed by atoms with Crippen molar-refractivity contribution in [2.45, 2.75) is 46.1 Å². The molecule has 2 radical (unpaired) electrons. The van der Waals surface area contributed by atoms with E-state index in [4.69, 9.17) is 5.73 Å². The average molecular weight is 155 g/mol. The summed E-state index contributed by atoms with van der Waals surface area (Å²) < 4.78 is 0. The molecule has 0 saturated carbocycles. The monoisotopic (exact) mass is 155 g/mol. The molecule has 11 heavy (non-hydrogen) atoms. The Labute approximate surface area is 71.4 Å². The van der Waals surface area contributed by atoms with E-state index in [0.29, 0.717) is 5.41 Å². The van der Waals surface area contributed by atoms with Gasteiger partial charge < -0.3 is 5.73 Å². The van der Waals surface area contributed by atoms with E-state index in [9.17, 15) is 0 Å². The van der Waals surface area contributed by atoms with Crippen molar-refractivity contribution in [1.82, 2.24) is 0 Å². The summed E-state index contributed by atoms with van der Waals surface area (Å²) in [6.45, 7) is 12.4. The highest BCUT2D eigenvalue weighted by molar-refractivity contribution is 4.87. The Hall–Kier alpha value is -0.0400. The van der Waals surface area contributed by atoms with E-state index < -0.39 is 0 Å². The molecule has 0 saturated heterocycles. The Morgan fingerprint density at radius 2 is 1.73 bits per heavy atom. The summed E-state index contributed by atoms with van der Waals surface area (Å²) in [5.41, 5.74) is 5.78. The zero-order valence-corrected chi connectivity index (χ0v) is 8.28. The average Bonchev–Trinajstić information content (AvgIpc) is 1.55. The van der Waals surface area contributed by atoms with E-state index in [2.05, 4.69) is 34.1 Å². The summed E-state index contributed by atoms with van der Waals surface area (Å²) in [6.07, 6.45) is 4.31. The lowest BCUT2D eigenvalue weighted by Crippen LogP contribution is -2.32. The van der Waals surface area contributed by atoms with Gasteiger partial charge in [-0.25, -0.2) is 0 Å². The number of hydrogen-bond acceptors (Lipinski definition) is 1. The molecule has 1 atom stereocenters. The van der Waals surface area contributed by atoms with Crippen LogP contribution in [0.3, 0.4) is 0 Å². The predicted octanol–water partition coefficient (Wildman–Crippen LogP) is 2.57. The van der Waals surface area contributed by atoms with Crippen LogP contribution < -0.4 is 5.73 Å². The van der Waals surface area contributed by atoms with Crippen molar-refractivity contribution in [2.75, 3.05) is 0 Å². The number of nitrogens with two attached hydrogens (primary N) is 1. The van der Waals surface area contributed by atoms with Crippen molar-refractivity contribution in [3.05, 3.63) is 13.3 Å². The number of rotatable bonds is 3. The molecule has 1 nitrogen and oxygen atoms in total. The molecule has 1 heteroatoms. The zero-order chi connectivity index (χ0) is 9.12. The minimum atomic E-state index is -0.262. The first-order valence-corrected chi connectivity index (χ1v) is 4.19. The van der Waals surface area contributed by atoms with Crippen LogP contribution in [0.4, 0.5) is 0 Å². The highest BCUT2D eigenvalue weighted by Gasteiger charge is 2.14. The van der Waals surface area contributed by atoms with E-state index in [-0.39, 0.29) is 5.54 Å². The molecule has 0 rings (SSSR count). The fraction of sp³-hybridized carbons (Fsp3) is 0.800. The van der Waals surface area contributed by atoms with Gasteiger partial charge in [0.05, 0.1) is 0 Å². The lowest BCUT2D eigenvalue weighted by Gasteiger charge is -2.22. The lowest BCUT2D eigenvalue weighted by molar-refractivity contribution is 0.438. The van der Waals surface area contributed by atoms with Gasteiger partial charge in [-0.2, -0.15) is 0 Å². The smallest absolute Gasteiger partial charge is 0.0126 e. The summed E-state index contributed by atoms with van der Waals surface area (Å²) in [5, 5.41) is 0. The van der Waals surface area contributed by atoms with Crippen molar-refractivity contribution in [2.24, 2.45) is 11.1 Å². The van der Waals surface area contributed by atoms with Gasteiger partial charge in [0, 0.05) is 5.54 Å². The van der Waals surface area contributed by atoms with Crippen molar-refractivity contribution in [3.8, 4) is 0 Å². The minimum absolute atomic E-state index is 0.262. The lowest BCUT2D eigenvalue weighted by atomic mass is 9.87. The Kier molecular flexibility index (Phi) is 3.56. The Bertz CT molecular complexity index is 89.0. The molecule has 0 aromatic heterocycles. The van der Waals surface area contributed by atoms with Crippen LogP contribution in [0, 0.1) is 18.8 Å². The van der Waals surface area contributed by atoms with Crippen molar-refractivity contribution in [1.29, 1.82) is 0 Å². The zero-order valence-electron chi connectivity index (χ0n) is 8.28. The summed E-state index contributed by atoms with van der Waals surface area (Å²) in [4.78, 5) is 0. The maximum absolute atomic E-state index is 5.73. The highest BCUT2D eigenvalue weighted by atomic mass is 14.7. The van der Waals surface area contributed by atoms with E-state index in [0.717, 1.165) is 12.8 Å². The maximum Gasteiger partial charge on any atom is 0.0126 e. The second kappa shape index (κ2) is 3.57. The largest absolute Gasteiger partial charge is 0.325 e. The van der Waals surface area contributed by atoms with Crippen molar-refractivity contribution >= 4 is 0 Å². The Morgan fingerprint density at radius 3 is 2.00 bits per heavy atom. The Balaban J connectivity index is 3.44. The van der Waals surface area contributed by atoms with E-state index in [1.54, 1.807) is 0 Å². The maximum atomic E-state index is 5.73. The molecular formula is C10H21N. The molecule has 0 bridgehead atoms. The number of hydrogen-bond donors (Lipinski definition) is 1. The van der Waals surface area contributed by atoms with E-state index in [1.807, 2.05) is 6.92 Å². The van der Waals surface area contributed by atoms with Crippen molar-refractivity contribution < 1.29 is 0 Å². The molecule has 66 valence electrons. The second-order valence-corrected chi connectivity index (χ2v) is 4.76. The van der Waals surface area contributed by atoms with Gasteiger partial charge in [0.1, 0.15) is 0 Å². The topological polar surface area (TPSA) is 26.0 Å². The fourth-order valence-corrected chi connectivity index (χ4v) is 0.835. The quantitative estimate of drug-likeness (QED) is 0.666. The van der Waals surface area contributed by atoms with Crippen molar-refractivity contribution in [3.63, 3.8) is 0 Å². The van der Waals surface area contributed by atoms with Gasteiger partial charge in [-0.3, -0.25) is 0 Å². The van der Waals surface area contributed by atoms with Crippen LogP contribution in [0.25, 0.3) is 0 Å². The van der Waals surface area contributed by atoms with Gasteiger partial charge in [0.15, 0.2) is 0 Å². The summed E-state index contributed by atoms with van der Waals surface area (Å²) >= 11 is 0. The summed E-state index contributed by atoms with van der Waals surface area (Å²) in [5.74, 6) is 0. The summed E-state index contributed by atoms with van der Waals surface area (Å²) in [7, 11) is 0. The molecule has 0 fully saturated rings. The van der Waals surface area contributed by atoms with Crippen LogP contribution in [-0.4, -0.2) is 5.54 Å². The third-order valence-corrected chi connectivity index (χ3v) is 1.47. The first-order valence-electron chi connectivity index (χ1n) is 4.19. The molecule has 2 N–H and O–H groups in total. The molecule has 0 aromatic carbocycles. The van der Waals surface area contributed by atoms with E-state index >= 15 is 0 Å². The van der Waals surface area contributed by atoms with Crippen LogP contribution in [0.5, 0.6) is 0 Å². The van der Waals surface area contributed by atoms with E-state index in [1.165, 1.54) is 0 Å². The van der Waals surface area contributed by atoms with Crippen LogP contribution in [0.2, 0.25) is 0 Å².